The van der Waals surface area contributed by atoms with Crippen LogP contribution in [0.15, 0.2) is 36.7 Å². The monoisotopic (exact) mass is 263 g/mol. The minimum atomic E-state index is -0.487. The highest BCUT2D eigenvalue weighted by molar-refractivity contribution is 5.77. The third kappa shape index (κ3) is 3.54. The molecular weight excluding hydrogens is 249 g/mol. The molecule has 1 heterocycles. The third-order valence-corrected chi connectivity index (χ3v) is 2.56. The highest BCUT2D eigenvalue weighted by atomic mass is 19.1. The quantitative estimate of drug-likeness (QED) is 0.883. The van der Waals surface area contributed by atoms with Gasteiger partial charge in [0.25, 0.3) is 5.91 Å². The normalized spacial score (nSPS) is 10.2. The molecule has 6 heteroatoms. The van der Waals surface area contributed by atoms with Crippen LogP contribution in [0.2, 0.25) is 0 Å². The van der Waals surface area contributed by atoms with Gasteiger partial charge in [0.1, 0.15) is 5.82 Å². The van der Waals surface area contributed by atoms with E-state index in [1.807, 2.05) is 7.05 Å². The average Bonchev–Trinajstić information content (AvgIpc) is 2.81. The number of para-hydroxylation sites is 1. The number of nitrogens with zero attached hydrogens (tertiary/aromatic N) is 2. The van der Waals surface area contributed by atoms with Gasteiger partial charge in [-0.25, -0.2) is 9.37 Å². The lowest BCUT2D eigenvalue weighted by molar-refractivity contribution is -0.123. The van der Waals surface area contributed by atoms with E-state index in [4.69, 9.17) is 4.74 Å². The van der Waals surface area contributed by atoms with Gasteiger partial charge in [-0.05, 0) is 12.1 Å². The van der Waals surface area contributed by atoms with Gasteiger partial charge in [-0.3, -0.25) is 4.79 Å². The summed E-state index contributed by atoms with van der Waals surface area (Å²) in [6, 6.07) is 5.95. The Morgan fingerprint density at radius 1 is 1.47 bits per heavy atom. The number of ether oxygens (including phenoxy) is 1. The molecular formula is C13H14FN3O2. The zero-order chi connectivity index (χ0) is 13.7. The van der Waals surface area contributed by atoms with E-state index in [9.17, 15) is 9.18 Å². The molecule has 0 aliphatic rings. The molecule has 5 nitrogen and oxygen atoms in total. The molecule has 0 aliphatic carbocycles. The van der Waals surface area contributed by atoms with E-state index >= 15 is 0 Å². The van der Waals surface area contributed by atoms with E-state index in [0.29, 0.717) is 6.54 Å². The molecule has 0 spiro atoms. The molecule has 100 valence electrons. The van der Waals surface area contributed by atoms with E-state index in [1.54, 1.807) is 29.1 Å². The number of amides is 1. The lowest BCUT2D eigenvalue weighted by Crippen LogP contribution is -2.29. The van der Waals surface area contributed by atoms with Gasteiger partial charge in [0.05, 0.1) is 6.54 Å². The molecule has 0 atom stereocenters. The highest BCUT2D eigenvalue weighted by Gasteiger charge is 2.07. The minimum Gasteiger partial charge on any atom is -0.481 e. The van der Waals surface area contributed by atoms with Crippen LogP contribution in [0.3, 0.4) is 0 Å². The van der Waals surface area contributed by atoms with Crippen LogP contribution in [0.4, 0.5) is 4.39 Å². The van der Waals surface area contributed by atoms with Crippen LogP contribution in [-0.4, -0.2) is 22.1 Å². The van der Waals surface area contributed by atoms with Crippen molar-refractivity contribution in [3.63, 3.8) is 0 Å². The van der Waals surface area contributed by atoms with Crippen molar-refractivity contribution in [3.8, 4) is 5.75 Å². The molecule has 19 heavy (non-hydrogen) atoms. The Hall–Kier alpha value is -2.37. The number of aryl methyl sites for hydroxylation is 1. The van der Waals surface area contributed by atoms with Gasteiger partial charge in [0, 0.05) is 19.4 Å². The first kappa shape index (κ1) is 13.1. The van der Waals surface area contributed by atoms with Crippen molar-refractivity contribution in [2.45, 2.75) is 6.54 Å². The first-order valence-corrected chi connectivity index (χ1v) is 5.77. The summed E-state index contributed by atoms with van der Waals surface area (Å²) in [5.74, 6) is -0.0143. The van der Waals surface area contributed by atoms with E-state index in [0.717, 1.165) is 5.82 Å². The molecule has 0 aliphatic heterocycles. The summed E-state index contributed by atoms with van der Waals surface area (Å²) in [6.45, 7) is 0.0777. The summed E-state index contributed by atoms with van der Waals surface area (Å²) in [5.41, 5.74) is 0. The maximum Gasteiger partial charge on any atom is 0.258 e. The molecule has 0 saturated carbocycles. The third-order valence-electron chi connectivity index (χ3n) is 2.56. The van der Waals surface area contributed by atoms with Gasteiger partial charge < -0.3 is 14.6 Å². The Kier molecular flexibility index (Phi) is 4.12. The maximum absolute atomic E-state index is 13.2. The minimum absolute atomic E-state index is 0.0645. The Balaban J connectivity index is 1.79. The van der Waals surface area contributed by atoms with Crippen molar-refractivity contribution < 1.29 is 13.9 Å². The Morgan fingerprint density at radius 2 is 2.26 bits per heavy atom. The number of benzene rings is 1. The van der Waals surface area contributed by atoms with E-state index < -0.39 is 5.82 Å². The molecule has 0 saturated heterocycles. The SMILES string of the molecule is Cn1ccnc1CNC(=O)COc1ccccc1F. The lowest BCUT2D eigenvalue weighted by atomic mass is 10.3. The fraction of sp³-hybridized carbons (Fsp3) is 0.231. The number of hydrogen-bond donors (Lipinski definition) is 1. The highest BCUT2D eigenvalue weighted by Crippen LogP contribution is 2.14. The maximum atomic E-state index is 13.2. The first-order valence-electron chi connectivity index (χ1n) is 5.77. The molecule has 1 aromatic carbocycles. The second kappa shape index (κ2) is 5.99. The molecule has 2 rings (SSSR count). The number of imidazole rings is 1. The molecule has 0 unspecified atom stereocenters. The Labute approximate surface area is 110 Å². The molecule has 2 aromatic rings. The summed E-state index contributed by atoms with van der Waals surface area (Å²) in [4.78, 5) is 15.6. The van der Waals surface area contributed by atoms with Crippen molar-refractivity contribution >= 4 is 5.91 Å². The second-order valence-corrected chi connectivity index (χ2v) is 3.95. The van der Waals surface area contributed by atoms with Crippen LogP contribution in [-0.2, 0) is 18.4 Å². The summed E-state index contributed by atoms with van der Waals surface area (Å²) in [5, 5.41) is 2.65. The van der Waals surface area contributed by atoms with Crippen molar-refractivity contribution in [2.75, 3.05) is 6.61 Å². The van der Waals surface area contributed by atoms with E-state index in [2.05, 4.69) is 10.3 Å². The Bertz CT molecular complexity index is 569. The second-order valence-electron chi connectivity index (χ2n) is 3.95. The number of nitrogens with one attached hydrogen (secondary N) is 1. The van der Waals surface area contributed by atoms with Gasteiger partial charge in [-0.2, -0.15) is 0 Å². The zero-order valence-corrected chi connectivity index (χ0v) is 10.5. The predicted molar refractivity (Wildman–Crippen MR) is 66.9 cm³/mol. The number of carbonyl (C=O) groups is 1. The fourth-order valence-corrected chi connectivity index (χ4v) is 1.50. The number of hydrogen-bond acceptors (Lipinski definition) is 3. The van der Waals surface area contributed by atoms with E-state index in [1.165, 1.54) is 12.1 Å². The lowest BCUT2D eigenvalue weighted by Gasteiger charge is -2.08. The number of aromatic nitrogens is 2. The van der Waals surface area contributed by atoms with Crippen LogP contribution >= 0.6 is 0 Å². The van der Waals surface area contributed by atoms with Gasteiger partial charge in [-0.1, -0.05) is 12.1 Å². The molecule has 1 aromatic heterocycles. The average molecular weight is 263 g/mol. The van der Waals surface area contributed by atoms with Crippen molar-refractivity contribution in [1.29, 1.82) is 0 Å². The molecule has 0 bridgehead atoms. The Morgan fingerprint density at radius 3 is 2.95 bits per heavy atom. The summed E-state index contributed by atoms with van der Waals surface area (Å²) in [7, 11) is 1.84. The smallest absolute Gasteiger partial charge is 0.258 e. The predicted octanol–water partition coefficient (Wildman–Crippen LogP) is 1.25. The van der Waals surface area contributed by atoms with Crippen molar-refractivity contribution in [2.24, 2.45) is 7.05 Å². The van der Waals surface area contributed by atoms with Crippen LogP contribution in [0, 0.1) is 5.82 Å². The van der Waals surface area contributed by atoms with Crippen LogP contribution in [0.5, 0.6) is 5.75 Å². The molecule has 0 fully saturated rings. The first-order chi connectivity index (χ1) is 9.16. The number of carbonyl (C=O) groups excluding carboxylic acids is 1. The summed E-state index contributed by atoms with van der Waals surface area (Å²) in [6.07, 6.45) is 3.44. The van der Waals surface area contributed by atoms with Gasteiger partial charge in [-0.15, -0.1) is 0 Å². The molecule has 0 radical (unpaired) electrons. The standard InChI is InChI=1S/C13H14FN3O2/c1-17-7-6-15-12(17)8-16-13(18)9-19-11-5-3-2-4-10(11)14/h2-7H,8-9H2,1H3,(H,16,18). The number of rotatable bonds is 5. The van der Waals surface area contributed by atoms with Crippen LogP contribution in [0.1, 0.15) is 5.82 Å². The fourth-order valence-electron chi connectivity index (χ4n) is 1.50. The van der Waals surface area contributed by atoms with Gasteiger partial charge in [0.2, 0.25) is 0 Å². The zero-order valence-electron chi connectivity index (χ0n) is 10.5. The van der Waals surface area contributed by atoms with Crippen molar-refractivity contribution in [1.82, 2.24) is 14.9 Å². The largest absolute Gasteiger partial charge is 0.481 e. The molecule has 1 amide bonds. The van der Waals surface area contributed by atoms with Crippen molar-refractivity contribution in [3.05, 3.63) is 48.3 Å². The summed E-state index contributed by atoms with van der Waals surface area (Å²) < 4.78 is 20.1. The van der Waals surface area contributed by atoms with E-state index in [-0.39, 0.29) is 18.3 Å². The van der Waals surface area contributed by atoms with Crippen LogP contribution in [0.25, 0.3) is 0 Å². The van der Waals surface area contributed by atoms with Gasteiger partial charge in [0.15, 0.2) is 18.2 Å². The molecule has 1 N–H and O–H groups in total. The summed E-state index contributed by atoms with van der Waals surface area (Å²) >= 11 is 0. The topological polar surface area (TPSA) is 56.2 Å². The van der Waals surface area contributed by atoms with Crippen LogP contribution < -0.4 is 10.1 Å². The van der Waals surface area contributed by atoms with Gasteiger partial charge >= 0.3 is 0 Å². The number of halogens is 1.